The number of allylic oxidation sites excluding steroid dienone is 4. The quantitative estimate of drug-likeness (QED) is 0.155. The summed E-state index contributed by atoms with van der Waals surface area (Å²) in [4.78, 5) is 4.88. The molecule has 0 amide bonds. The van der Waals surface area contributed by atoms with Crippen molar-refractivity contribution in [1.82, 2.24) is 0 Å². The van der Waals surface area contributed by atoms with Gasteiger partial charge >= 0.3 is 0 Å². The van der Waals surface area contributed by atoms with Crippen LogP contribution >= 0.6 is 0 Å². The molecule has 62 heavy (non-hydrogen) atoms. The van der Waals surface area contributed by atoms with Gasteiger partial charge in [0.05, 0.1) is 17.1 Å². The van der Waals surface area contributed by atoms with Crippen molar-refractivity contribution in [3.05, 3.63) is 242 Å². The Morgan fingerprint density at radius 1 is 0.403 bits per heavy atom. The molecule has 2 nitrogen and oxygen atoms in total. The second-order valence-corrected chi connectivity index (χ2v) is 17.1. The molecule has 0 aromatic heterocycles. The highest BCUT2D eigenvalue weighted by Crippen LogP contribution is 2.49. The Hall–Kier alpha value is -7.68. The van der Waals surface area contributed by atoms with Crippen molar-refractivity contribution in [3.8, 4) is 0 Å². The van der Waals surface area contributed by atoms with E-state index < -0.39 is 0 Å². The molecule has 0 radical (unpaired) electrons. The van der Waals surface area contributed by atoms with E-state index in [1.54, 1.807) is 0 Å². The molecule has 0 heterocycles. The largest absolute Gasteiger partial charge is 0.310 e. The third-order valence-electron chi connectivity index (χ3n) is 12.8. The van der Waals surface area contributed by atoms with Crippen LogP contribution in [0.15, 0.2) is 231 Å². The Bertz CT molecular complexity index is 3350. The van der Waals surface area contributed by atoms with Crippen molar-refractivity contribution in [2.75, 3.05) is 9.80 Å². The number of benzene rings is 10. The second-order valence-electron chi connectivity index (χ2n) is 17.1. The Morgan fingerprint density at radius 3 is 1.47 bits per heavy atom. The lowest BCUT2D eigenvalue weighted by molar-refractivity contribution is 0.537. The van der Waals surface area contributed by atoms with E-state index in [0.29, 0.717) is 0 Å². The smallest absolute Gasteiger partial charge is 0.0540 e. The van der Waals surface area contributed by atoms with Gasteiger partial charge in [0, 0.05) is 33.2 Å². The lowest BCUT2D eigenvalue weighted by Crippen LogP contribution is -2.21. The third kappa shape index (κ3) is 6.26. The van der Waals surface area contributed by atoms with E-state index >= 15 is 0 Å². The molecular formula is C60H46N2. The van der Waals surface area contributed by atoms with E-state index in [9.17, 15) is 0 Å². The van der Waals surface area contributed by atoms with Gasteiger partial charge in [0.15, 0.2) is 0 Å². The van der Waals surface area contributed by atoms with Gasteiger partial charge in [-0.3, -0.25) is 0 Å². The first-order chi connectivity index (χ1) is 30.4. The first-order valence-corrected chi connectivity index (χ1v) is 21.6. The minimum atomic E-state index is -0.272. The van der Waals surface area contributed by atoms with Crippen molar-refractivity contribution < 1.29 is 0 Å². The highest BCUT2D eigenvalue weighted by Gasteiger charge is 2.30. The molecule has 0 spiro atoms. The average molecular weight is 795 g/mol. The molecule has 0 aliphatic heterocycles. The van der Waals surface area contributed by atoms with Crippen molar-refractivity contribution in [2.24, 2.45) is 0 Å². The Balaban J connectivity index is 1.13. The van der Waals surface area contributed by atoms with Gasteiger partial charge in [0.1, 0.15) is 0 Å². The van der Waals surface area contributed by atoms with Crippen LogP contribution in [0.4, 0.5) is 28.4 Å². The van der Waals surface area contributed by atoms with E-state index in [2.05, 4.69) is 242 Å². The zero-order valence-corrected chi connectivity index (χ0v) is 35.1. The number of hydrogen-bond acceptors (Lipinski definition) is 2. The highest BCUT2D eigenvalue weighted by atomic mass is 15.2. The Morgan fingerprint density at radius 2 is 0.887 bits per heavy atom. The molecule has 0 N–H and O–H groups in total. The standard InChI is InChI=1S/C60H46N2/c1-41-34-35-46(61(45-24-5-4-6-25-45)55-31-15-21-42-18-7-10-26-48(42)55)38-39-60(2,3)59-53-37-36-47(40-54(53)51-29-13-14-30-52(51)58(41)59)62(56-32-16-22-43-19-8-11-27-49(43)56)57-33-17-23-44-20-9-12-28-50(44)57/h4-38,40H,1,39H2,2-3H3/b35-34-,46-38+. The fourth-order valence-electron chi connectivity index (χ4n) is 9.94. The number of rotatable bonds is 6. The number of anilines is 5. The van der Waals surface area contributed by atoms with Crippen molar-refractivity contribution in [2.45, 2.75) is 25.7 Å². The molecule has 0 fully saturated rings. The summed E-state index contributed by atoms with van der Waals surface area (Å²) in [6, 6.07) is 72.8. The number of nitrogens with zero attached hydrogens (tertiary/aromatic N) is 2. The Kier molecular flexibility index (Phi) is 9.09. The van der Waals surface area contributed by atoms with Crippen LogP contribution < -0.4 is 9.80 Å². The molecule has 2 heteroatoms. The summed E-state index contributed by atoms with van der Waals surface area (Å²) in [6.07, 6.45) is 7.76. The molecule has 10 aromatic carbocycles. The van der Waals surface area contributed by atoms with Crippen LogP contribution in [0.2, 0.25) is 0 Å². The number of fused-ring (bicyclic) bond motifs is 9. The first-order valence-electron chi connectivity index (χ1n) is 21.6. The predicted molar refractivity (Wildman–Crippen MR) is 268 cm³/mol. The molecule has 0 atom stereocenters. The number of para-hydroxylation sites is 1. The average Bonchev–Trinajstić information content (AvgIpc) is 3.36. The normalized spacial score (nSPS) is 15.1. The highest BCUT2D eigenvalue weighted by molar-refractivity contribution is 6.16. The zero-order chi connectivity index (χ0) is 41.8. The van der Waals surface area contributed by atoms with E-state index in [0.717, 1.165) is 46.1 Å². The number of hydrogen-bond donors (Lipinski definition) is 0. The monoisotopic (exact) mass is 794 g/mol. The van der Waals surface area contributed by atoms with Gasteiger partial charge in [-0.15, -0.1) is 0 Å². The van der Waals surface area contributed by atoms with Crippen molar-refractivity contribution in [1.29, 1.82) is 0 Å². The van der Waals surface area contributed by atoms with Crippen LogP contribution in [0, 0.1) is 0 Å². The van der Waals surface area contributed by atoms with Gasteiger partial charge < -0.3 is 9.80 Å². The third-order valence-corrected chi connectivity index (χ3v) is 12.8. The van der Waals surface area contributed by atoms with Gasteiger partial charge in [0.2, 0.25) is 0 Å². The molecular weight excluding hydrogens is 749 g/mol. The Labute approximate surface area is 363 Å². The van der Waals surface area contributed by atoms with Crippen LogP contribution in [0.25, 0.3) is 59.4 Å². The first kappa shape index (κ1) is 37.3. The van der Waals surface area contributed by atoms with E-state index in [1.807, 2.05) is 0 Å². The van der Waals surface area contributed by atoms with Crippen LogP contribution in [-0.4, -0.2) is 0 Å². The molecule has 296 valence electrons. The maximum atomic E-state index is 4.85. The van der Waals surface area contributed by atoms with Crippen LogP contribution in [0.1, 0.15) is 31.4 Å². The molecule has 1 aliphatic carbocycles. The summed E-state index contributed by atoms with van der Waals surface area (Å²) in [7, 11) is 0. The van der Waals surface area contributed by atoms with Gasteiger partial charge in [-0.25, -0.2) is 0 Å². The molecule has 0 saturated heterocycles. The van der Waals surface area contributed by atoms with Crippen molar-refractivity contribution >= 4 is 87.9 Å². The fraction of sp³-hybridized carbons (Fsp3) is 0.0667. The zero-order valence-electron chi connectivity index (χ0n) is 35.1. The van der Waals surface area contributed by atoms with Gasteiger partial charge in [-0.2, -0.15) is 0 Å². The molecule has 0 saturated carbocycles. The minimum absolute atomic E-state index is 0.272. The predicted octanol–water partition coefficient (Wildman–Crippen LogP) is 16.9. The summed E-state index contributed by atoms with van der Waals surface area (Å²) in [5.74, 6) is 0. The summed E-state index contributed by atoms with van der Waals surface area (Å²) in [5, 5.41) is 12.2. The SMILES string of the molecule is C=C1/C=C\C(N(c2ccccc2)c2cccc3ccccc23)=C/CC(C)(C)c2c1c1ccccc1c1cc(N(c3cccc4ccccc34)c3cccc4ccccc34)ccc21. The summed E-state index contributed by atoms with van der Waals surface area (Å²) < 4.78 is 0. The molecule has 10 aromatic rings. The fourth-order valence-corrected chi connectivity index (χ4v) is 9.94. The van der Waals surface area contributed by atoms with Crippen molar-refractivity contribution in [3.63, 3.8) is 0 Å². The summed E-state index contributed by atoms with van der Waals surface area (Å²) in [5.41, 5.74) is 10.1. The van der Waals surface area contributed by atoms with E-state index in [-0.39, 0.29) is 5.41 Å². The second kappa shape index (κ2) is 15.1. The molecule has 0 bridgehead atoms. The minimum Gasteiger partial charge on any atom is -0.310 e. The lowest BCUT2D eigenvalue weighted by Gasteiger charge is -2.32. The maximum Gasteiger partial charge on any atom is 0.0540 e. The molecule has 0 unspecified atom stereocenters. The van der Waals surface area contributed by atoms with E-state index in [1.165, 1.54) is 65.0 Å². The van der Waals surface area contributed by atoms with E-state index in [4.69, 9.17) is 6.58 Å². The maximum absolute atomic E-state index is 4.85. The van der Waals surface area contributed by atoms with Gasteiger partial charge in [0.25, 0.3) is 0 Å². The lowest BCUT2D eigenvalue weighted by atomic mass is 9.73. The van der Waals surface area contributed by atoms with Crippen LogP contribution in [-0.2, 0) is 5.41 Å². The van der Waals surface area contributed by atoms with Crippen LogP contribution in [0.5, 0.6) is 0 Å². The topological polar surface area (TPSA) is 6.48 Å². The summed E-state index contributed by atoms with van der Waals surface area (Å²) in [6.45, 7) is 9.67. The molecule has 1 aliphatic rings. The van der Waals surface area contributed by atoms with Crippen LogP contribution in [0.3, 0.4) is 0 Å². The van der Waals surface area contributed by atoms with Gasteiger partial charge in [-0.1, -0.05) is 190 Å². The molecule has 11 rings (SSSR count). The van der Waals surface area contributed by atoms with Gasteiger partial charge in [-0.05, 0) is 115 Å². The summed E-state index contributed by atoms with van der Waals surface area (Å²) >= 11 is 0.